The van der Waals surface area contributed by atoms with Crippen LogP contribution in [0.1, 0.15) is 33.1 Å². The Hall–Kier alpha value is -1.26. The van der Waals surface area contributed by atoms with Crippen LogP contribution < -0.4 is 0 Å². The van der Waals surface area contributed by atoms with Gasteiger partial charge in [-0.1, -0.05) is 13.8 Å². The largest absolute Gasteiger partial charge is 0.481 e. The van der Waals surface area contributed by atoms with Crippen LogP contribution in [0.3, 0.4) is 0 Å². The molecule has 1 heterocycles. The zero-order valence-corrected chi connectivity index (χ0v) is 10.8. The lowest BCUT2D eigenvalue weighted by atomic mass is 10.1. The van der Waals surface area contributed by atoms with E-state index in [1.54, 1.807) is 14.0 Å². The van der Waals surface area contributed by atoms with Gasteiger partial charge in [-0.15, -0.1) is 0 Å². The predicted octanol–water partition coefficient (Wildman–Crippen LogP) is 1.63. The molecule has 0 aliphatic carbocycles. The molecular formula is C12H22N2O3. The molecule has 5 nitrogen and oxygen atoms in total. The number of amides is 2. The number of aliphatic carboxylic acids is 1. The van der Waals surface area contributed by atoms with Crippen LogP contribution in [0.4, 0.5) is 4.79 Å². The maximum atomic E-state index is 12.1. The molecule has 0 spiro atoms. The van der Waals surface area contributed by atoms with E-state index in [1.165, 1.54) is 4.90 Å². The molecular weight excluding hydrogens is 220 g/mol. The molecule has 5 heteroatoms. The van der Waals surface area contributed by atoms with Crippen LogP contribution in [0, 0.1) is 5.92 Å². The smallest absolute Gasteiger partial charge is 0.320 e. The van der Waals surface area contributed by atoms with Gasteiger partial charge in [-0.3, -0.25) is 4.79 Å². The van der Waals surface area contributed by atoms with E-state index in [9.17, 15) is 9.59 Å². The Morgan fingerprint density at radius 2 is 2.18 bits per heavy atom. The highest BCUT2D eigenvalue weighted by Crippen LogP contribution is 2.21. The third-order valence-electron chi connectivity index (χ3n) is 3.39. The van der Waals surface area contributed by atoms with Crippen LogP contribution in [0.2, 0.25) is 0 Å². The number of rotatable bonds is 4. The maximum Gasteiger partial charge on any atom is 0.320 e. The number of likely N-dealkylation sites (tertiary alicyclic amines) is 1. The molecule has 0 aromatic carbocycles. The molecule has 98 valence electrons. The van der Waals surface area contributed by atoms with Crippen molar-refractivity contribution in [2.24, 2.45) is 5.92 Å². The summed E-state index contributed by atoms with van der Waals surface area (Å²) >= 11 is 0. The average Bonchev–Trinajstić information content (AvgIpc) is 2.75. The van der Waals surface area contributed by atoms with Crippen molar-refractivity contribution < 1.29 is 14.7 Å². The molecule has 0 aromatic rings. The molecule has 0 radical (unpaired) electrons. The minimum absolute atomic E-state index is 0.0394. The normalized spacial score (nSPS) is 21.4. The Morgan fingerprint density at radius 1 is 1.53 bits per heavy atom. The second-order valence-electron chi connectivity index (χ2n) is 4.80. The number of urea groups is 1. The van der Waals surface area contributed by atoms with E-state index in [-0.39, 0.29) is 12.6 Å². The number of carboxylic acids is 1. The highest BCUT2D eigenvalue weighted by atomic mass is 16.4. The van der Waals surface area contributed by atoms with Gasteiger partial charge >= 0.3 is 12.0 Å². The van der Waals surface area contributed by atoms with Crippen LogP contribution in [-0.2, 0) is 4.79 Å². The topological polar surface area (TPSA) is 60.9 Å². The maximum absolute atomic E-state index is 12.1. The third kappa shape index (κ3) is 3.35. The standard InChI is InChI=1S/C12H22N2O3/c1-4-10-6-5-7-14(10)12(17)13(3)8-9(2)11(15)16/h9-10H,4-8H2,1-3H3,(H,15,16). The van der Waals surface area contributed by atoms with Crippen molar-refractivity contribution in [1.29, 1.82) is 0 Å². The Bertz CT molecular complexity index is 293. The molecule has 0 saturated carbocycles. The summed E-state index contributed by atoms with van der Waals surface area (Å²) in [6.45, 7) is 4.76. The molecule has 1 fully saturated rings. The van der Waals surface area contributed by atoms with Gasteiger partial charge in [-0.25, -0.2) is 4.79 Å². The Balaban J connectivity index is 2.54. The van der Waals surface area contributed by atoms with E-state index >= 15 is 0 Å². The SMILES string of the molecule is CCC1CCCN1C(=O)N(C)CC(C)C(=O)O. The zero-order chi connectivity index (χ0) is 13.0. The number of hydrogen-bond acceptors (Lipinski definition) is 2. The molecule has 2 unspecified atom stereocenters. The average molecular weight is 242 g/mol. The lowest BCUT2D eigenvalue weighted by Gasteiger charge is -2.29. The molecule has 1 rings (SSSR count). The summed E-state index contributed by atoms with van der Waals surface area (Å²) < 4.78 is 0. The molecule has 1 N–H and O–H groups in total. The van der Waals surface area contributed by atoms with Gasteiger partial charge in [0.2, 0.25) is 0 Å². The fourth-order valence-corrected chi connectivity index (χ4v) is 2.30. The van der Waals surface area contributed by atoms with E-state index in [4.69, 9.17) is 5.11 Å². The first kappa shape index (κ1) is 13.8. The van der Waals surface area contributed by atoms with Gasteiger partial charge in [-0.2, -0.15) is 0 Å². The van der Waals surface area contributed by atoms with Crippen LogP contribution in [0.15, 0.2) is 0 Å². The van der Waals surface area contributed by atoms with Gasteiger partial charge in [0.25, 0.3) is 0 Å². The summed E-state index contributed by atoms with van der Waals surface area (Å²) in [4.78, 5) is 26.3. The molecule has 1 aliphatic rings. The van der Waals surface area contributed by atoms with E-state index in [0.717, 1.165) is 25.8 Å². The molecule has 2 amide bonds. The van der Waals surface area contributed by atoms with Gasteiger partial charge in [0, 0.05) is 26.2 Å². The molecule has 0 bridgehead atoms. The summed E-state index contributed by atoms with van der Waals surface area (Å²) in [7, 11) is 1.67. The van der Waals surface area contributed by atoms with Crippen molar-refractivity contribution in [2.75, 3.05) is 20.1 Å². The van der Waals surface area contributed by atoms with Gasteiger partial charge in [0.05, 0.1) is 5.92 Å². The molecule has 1 aliphatic heterocycles. The van der Waals surface area contributed by atoms with Crippen molar-refractivity contribution in [3.63, 3.8) is 0 Å². The number of carbonyl (C=O) groups is 2. The fourth-order valence-electron chi connectivity index (χ4n) is 2.30. The molecule has 17 heavy (non-hydrogen) atoms. The molecule has 1 saturated heterocycles. The van der Waals surface area contributed by atoms with E-state index in [1.807, 2.05) is 4.90 Å². The van der Waals surface area contributed by atoms with E-state index in [0.29, 0.717) is 6.04 Å². The minimum atomic E-state index is -0.863. The summed E-state index contributed by atoms with van der Waals surface area (Å²) in [5, 5.41) is 8.82. The Labute approximate surface area is 102 Å². The van der Waals surface area contributed by atoms with Crippen molar-refractivity contribution in [1.82, 2.24) is 9.80 Å². The molecule has 0 aromatic heterocycles. The highest BCUT2D eigenvalue weighted by molar-refractivity contribution is 5.76. The number of hydrogen-bond donors (Lipinski definition) is 1. The lowest BCUT2D eigenvalue weighted by molar-refractivity contribution is -0.141. The van der Waals surface area contributed by atoms with Crippen LogP contribution >= 0.6 is 0 Å². The van der Waals surface area contributed by atoms with Gasteiger partial charge < -0.3 is 14.9 Å². The first-order chi connectivity index (χ1) is 7.97. The van der Waals surface area contributed by atoms with E-state index in [2.05, 4.69) is 6.92 Å². The molecule has 2 atom stereocenters. The summed E-state index contributed by atoms with van der Waals surface area (Å²) in [6.07, 6.45) is 3.07. The summed E-state index contributed by atoms with van der Waals surface area (Å²) in [5.74, 6) is -1.38. The summed E-state index contributed by atoms with van der Waals surface area (Å²) in [6, 6.07) is 0.285. The van der Waals surface area contributed by atoms with Crippen molar-refractivity contribution in [3.05, 3.63) is 0 Å². The number of carboxylic acid groups (broad SMARTS) is 1. The lowest BCUT2D eigenvalue weighted by Crippen LogP contribution is -2.45. The van der Waals surface area contributed by atoms with Crippen molar-refractivity contribution in [3.8, 4) is 0 Å². The summed E-state index contributed by atoms with van der Waals surface area (Å²) in [5.41, 5.74) is 0. The first-order valence-corrected chi connectivity index (χ1v) is 6.21. The van der Waals surface area contributed by atoms with Gasteiger partial charge in [0.15, 0.2) is 0 Å². The number of carbonyl (C=O) groups excluding carboxylic acids is 1. The number of nitrogens with zero attached hydrogens (tertiary/aromatic N) is 2. The van der Waals surface area contributed by atoms with Gasteiger partial charge in [0.1, 0.15) is 0 Å². The van der Waals surface area contributed by atoms with Crippen molar-refractivity contribution in [2.45, 2.75) is 39.2 Å². The quantitative estimate of drug-likeness (QED) is 0.815. The van der Waals surface area contributed by atoms with Crippen molar-refractivity contribution >= 4 is 12.0 Å². The second kappa shape index (κ2) is 5.89. The monoisotopic (exact) mass is 242 g/mol. The third-order valence-corrected chi connectivity index (χ3v) is 3.39. The van der Waals surface area contributed by atoms with Gasteiger partial charge in [-0.05, 0) is 19.3 Å². The fraction of sp³-hybridized carbons (Fsp3) is 0.833. The highest BCUT2D eigenvalue weighted by Gasteiger charge is 2.30. The van der Waals surface area contributed by atoms with Crippen LogP contribution in [-0.4, -0.2) is 53.1 Å². The predicted molar refractivity (Wildman–Crippen MR) is 64.8 cm³/mol. The van der Waals surface area contributed by atoms with Crippen LogP contribution in [0.25, 0.3) is 0 Å². The minimum Gasteiger partial charge on any atom is -0.481 e. The zero-order valence-electron chi connectivity index (χ0n) is 10.8. The Morgan fingerprint density at radius 3 is 2.71 bits per heavy atom. The Kier molecular flexibility index (Phi) is 4.78. The van der Waals surface area contributed by atoms with E-state index < -0.39 is 11.9 Å². The first-order valence-electron chi connectivity index (χ1n) is 6.21. The van der Waals surface area contributed by atoms with Crippen LogP contribution in [0.5, 0.6) is 0 Å². The second-order valence-corrected chi connectivity index (χ2v) is 4.80.